The molecule has 0 radical (unpaired) electrons. The molecule has 106 valence electrons. The van der Waals surface area contributed by atoms with Crippen molar-refractivity contribution >= 4 is 5.97 Å². The van der Waals surface area contributed by atoms with E-state index in [0.29, 0.717) is 12.3 Å². The Balaban J connectivity index is 2.52. The van der Waals surface area contributed by atoms with E-state index in [-0.39, 0.29) is 0 Å². The van der Waals surface area contributed by atoms with Crippen molar-refractivity contribution < 1.29 is 9.90 Å². The zero-order chi connectivity index (χ0) is 14.6. The van der Waals surface area contributed by atoms with Gasteiger partial charge in [0.05, 0.1) is 0 Å². The van der Waals surface area contributed by atoms with Crippen LogP contribution in [0.3, 0.4) is 0 Å². The summed E-state index contributed by atoms with van der Waals surface area (Å²) in [7, 11) is 0. The zero-order valence-corrected chi connectivity index (χ0v) is 12.4. The van der Waals surface area contributed by atoms with Crippen molar-refractivity contribution in [1.29, 1.82) is 0 Å². The first-order valence-electron chi connectivity index (χ1n) is 6.81. The van der Waals surface area contributed by atoms with Gasteiger partial charge >= 0.3 is 5.97 Å². The van der Waals surface area contributed by atoms with Gasteiger partial charge in [-0.05, 0) is 62.6 Å². The fraction of sp³-hybridized carbons (Fsp3) is 0.562. The fourth-order valence-corrected chi connectivity index (χ4v) is 2.29. The lowest BCUT2D eigenvalue weighted by Gasteiger charge is -2.23. The van der Waals surface area contributed by atoms with Crippen LogP contribution in [0.25, 0.3) is 0 Å². The number of carbonyl (C=O) groups is 1. The molecule has 1 rings (SSSR count). The Hall–Kier alpha value is -1.35. The Bertz CT molecular complexity index is 452. The molecule has 0 amide bonds. The smallest absolute Gasteiger partial charge is 0.323 e. The van der Waals surface area contributed by atoms with Gasteiger partial charge < -0.3 is 10.8 Å². The number of hydrogen-bond acceptors (Lipinski definition) is 2. The molecule has 0 aliphatic carbocycles. The molecule has 1 aromatic carbocycles. The van der Waals surface area contributed by atoms with Gasteiger partial charge in [0.2, 0.25) is 0 Å². The van der Waals surface area contributed by atoms with E-state index in [2.05, 4.69) is 39.0 Å². The quantitative estimate of drug-likeness (QED) is 0.829. The Morgan fingerprint density at radius 2 is 2.00 bits per heavy atom. The number of nitrogens with two attached hydrogens (primary N) is 1. The Morgan fingerprint density at radius 3 is 2.53 bits per heavy atom. The van der Waals surface area contributed by atoms with E-state index in [1.54, 1.807) is 6.92 Å². The first-order valence-corrected chi connectivity index (χ1v) is 6.81. The van der Waals surface area contributed by atoms with Crippen molar-refractivity contribution in [3.05, 3.63) is 34.9 Å². The van der Waals surface area contributed by atoms with Gasteiger partial charge in [-0.25, -0.2) is 0 Å². The van der Waals surface area contributed by atoms with Crippen LogP contribution in [0, 0.1) is 19.8 Å². The second kappa shape index (κ2) is 6.20. The Morgan fingerprint density at radius 1 is 1.37 bits per heavy atom. The van der Waals surface area contributed by atoms with Crippen LogP contribution in [0.15, 0.2) is 18.2 Å². The number of hydrogen-bond donors (Lipinski definition) is 2. The molecule has 0 spiro atoms. The van der Waals surface area contributed by atoms with Crippen molar-refractivity contribution in [3.63, 3.8) is 0 Å². The first-order chi connectivity index (χ1) is 8.72. The van der Waals surface area contributed by atoms with Gasteiger partial charge in [-0.2, -0.15) is 0 Å². The van der Waals surface area contributed by atoms with Gasteiger partial charge in [0.15, 0.2) is 0 Å². The largest absolute Gasteiger partial charge is 0.480 e. The average Bonchev–Trinajstić information content (AvgIpc) is 2.30. The molecule has 2 atom stereocenters. The lowest BCUT2D eigenvalue weighted by atomic mass is 9.87. The van der Waals surface area contributed by atoms with Crippen molar-refractivity contribution in [3.8, 4) is 0 Å². The van der Waals surface area contributed by atoms with Crippen LogP contribution >= 0.6 is 0 Å². The molecule has 0 heterocycles. The summed E-state index contributed by atoms with van der Waals surface area (Å²) in [6.07, 6.45) is 2.44. The van der Waals surface area contributed by atoms with Crippen LogP contribution in [0.2, 0.25) is 0 Å². The summed E-state index contributed by atoms with van der Waals surface area (Å²) in [5.41, 5.74) is 8.57. The molecular weight excluding hydrogens is 238 g/mol. The van der Waals surface area contributed by atoms with Gasteiger partial charge in [0, 0.05) is 0 Å². The Kier molecular flexibility index (Phi) is 5.12. The summed E-state index contributed by atoms with van der Waals surface area (Å²) in [5, 5.41) is 9.02. The zero-order valence-electron chi connectivity index (χ0n) is 12.4. The predicted octanol–water partition coefficient (Wildman–Crippen LogP) is 3.06. The van der Waals surface area contributed by atoms with Crippen LogP contribution < -0.4 is 5.73 Å². The number of rotatable bonds is 6. The second-order valence-electron chi connectivity index (χ2n) is 5.99. The van der Waals surface area contributed by atoms with E-state index < -0.39 is 11.5 Å². The average molecular weight is 263 g/mol. The molecule has 0 aliphatic heterocycles. The number of carboxylic acids is 1. The maximum atomic E-state index is 11.0. The van der Waals surface area contributed by atoms with E-state index in [9.17, 15) is 4.79 Å². The third-order valence-electron chi connectivity index (χ3n) is 3.76. The predicted molar refractivity (Wildman–Crippen MR) is 78.2 cm³/mol. The number of aryl methyl sites for hydroxylation is 3. The Labute approximate surface area is 115 Å². The van der Waals surface area contributed by atoms with Crippen molar-refractivity contribution in [2.45, 2.75) is 52.5 Å². The minimum atomic E-state index is -1.12. The maximum absolute atomic E-state index is 11.0. The summed E-state index contributed by atoms with van der Waals surface area (Å²) in [6, 6.07) is 6.49. The van der Waals surface area contributed by atoms with Crippen molar-refractivity contribution in [1.82, 2.24) is 0 Å². The highest BCUT2D eigenvalue weighted by Gasteiger charge is 2.29. The SMILES string of the molecule is Cc1ccc(CCC(C)CC(C)(N)C(=O)O)cc1C. The maximum Gasteiger partial charge on any atom is 0.323 e. The van der Waals surface area contributed by atoms with Gasteiger partial charge in [-0.15, -0.1) is 0 Å². The highest BCUT2D eigenvalue weighted by atomic mass is 16.4. The van der Waals surface area contributed by atoms with Crippen LogP contribution in [0.5, 0.6) is 0 Å². The molecule has 1 aromatic rings. The summed E-state index contributed by atoms with van der Waals surface area (Å²) in [4.78, 5) is 11.0. The van der Waals surface area contributed by atoms with Gasteiger partial charge in [0.25, 0.3) is 0 Å². The monoisotopic (exact) mass is 263 g/mol. The van der Waals surface area contributed by atoms with E-state index in [1.165, 1.54) is 16.7 Å². The second-order valence-corrected chi connectivity index (χ2v) is 5.99. The lowest BCUT2D eigenvalue weighted by Crippen LogP contribution is -2.46. The van der Waals surface area contributed by atoms with E-state index >= 15 is 0 Å². The van der Waals surface area contributed by atoms with Crippen molar-refractivity contribution in [2.75, 3.05) is 0 Å². The van der Waals surface area contributed by atoms with Crippen LogP contribution in [0.4, 0.5) is 0 Å². The third kappa shape index (κ3) is 4.67. The van der Waals surface area contributed by atoms with Crippen LogP contribution in [0.1, 0.15) is 43.4 Å². The molecule has 0 bridgehead atoms. The lowest BCUT2D eigenvalue weighted by molar-refractivity contribution is -0.143. The van der Waals surface area contributed by atoms with Gasteiger partial charge in [0.1, 0.15) is 5.54 Å². The molecule has 0 fully saturated rings. The minimum absolute atomic E-state index is 0.299. The molecule has 0 aliphatic rings. The highest BCUT2D eigenvalue weighted by molar-refractivity contribution is 5.77. The molecule has 3 heteroatoms. The number of benzene rings is 1. The minimum Gasteiger partial charge on any atom is -0.480 e. The van der Waals surface area contributed by atoms with Crippen molar-refractivity contribution in [2.24, 2.45) is 11.7 Å². The molecule has 0 aromatic heterocycles. The van der Waals surface area contributed by atoms with E-state index in [4.69, 9.17) is 10.8 Å². The summed E-state index contributed by atoms with van der Waals surface area (Å²) >= 11 is 0. The molecule has 0 saturated heterocycles. The molecular formula is C16H25NO2. The molecule has 19 heavy (non-hydrogen) atoms. The molecule has 0 saturated carbocycles. The fourth-order valence-electron chi connectivity index (χ4n) is 2.29. The van der Waals surface area contributed by atoms with E-state index in [1.807, 2.05) is 0 Å². The van der Waals surface area contributed by atoms with Gasteiger partial charge in [-0.1, -0.05) is 25.1 Å². The molecule has 3 N–H and O–H groups in total. The number of carboxylic acid groups (broad SMARTS) is 1. The highest BCUT2D eigenvalue weighted by Crippen LogP contribution is 2.20. The van der Waals surface area contributed by atoms with Crippen LogP contribution in [-0.4, -0.2) is 16.6 Å². The summed E-state index contributed by atoms with van der Waals surface area (Å²) in [5.74, 6) is -0.627. The van der Waals surface area contributed by atoms with E-state index in [0.717, 1.165) is 12.8 Å². The first kappa shape index (κ1) is 15.7. The normalized spacial score (nSPS) is 15.8. The topological polar surface area (TPSA) is 63.3 Å². The third-order valence-corrected chi connectivity index (χ3v) is 3.76. The van der Waals surface area contributed by atoms with Gasteiger partial charge in [-0.3, -0.25) is 4.79 Å². The summed E-state index contributed by atoms with van der Waals surface area (Å²) in [6.45, 7) is 7.87. The molecule has 2 unspecified atom stereocenters. The summed E-state index contributed by atoms with van der Waals surface area (Å²) < 4.78 is 0. The van der Waals surface area contributed by atoms with Crippen LogP contribution in [-0.2, 0) is 11.2 Å². The molecule has 3 nitrogen and oxygen atoms in total. The standard InChI is InChI=1S/C16H25NO2/c1-11(10-16(4,17)15(18)19)5-7-14-8-6-12(2)13(3)9-14/h6,8-9,11H,5,7,10,17H2,1-4H3,(H,18,19). The number of aliphatic carboxylic acids is 1.